The number of Topliss-reactive ketones (excluding diaryl/α,β-unsaturated/α-hetero) is 1. The Morgan fingerprint density at radius 3 is 2.48 bits per heavy atom. The van der Waals surface area contributed by atoms with Crippen molar-refractivity contribution in [3.63, 3.8) is 0 Å². The molecule has 1 aliphatic heterocycles. The average Bonchev–Trinajstić information content (AvgIpc) is 3.35. The molecule has 4 rings (SSSR count). The maximum absolute atomic E-state index is 13.4. The Bertz CT molecular complexity index is 1350. The molecule has 40 heavy (non-hydrogen) atoms. The van der Waals surface area contributed by atoms with Crippen molar-refractivity contribution in [1.29, 1.82) is 0 Å². The van der Waals surface area contributed by atoms with E-state index in [1.807, 2.05) is 0 Å². The van der Waals surface area contributed by atoms with E-state index in [2.05, 4.69) is 5.32 Å². The number of ketones is 1. The Morgan fingerprint density at radius 1 is 1.10 bits per heavy atom. The molecule has 0 saturated carbocycles. The quantitative estimate of drug-likeness (QED) is 0.307. The fraction of sp³-hybridized carbons (Fsp3) is 0.393. The molecule has 2 aromatic carbocycles. The lowest BCUT2D eigenvalue weighted by Gasteiger charge is -2.40. The summed E-state index contributed by atoms with van der Waals surface area (Å²) in [4.78, 5) is 40.6. The molecule has 0 unspecified atom stereocenters. The van der Waals surface area contributed by atoms with Crippen molar-refractivity contribution in [3.05, 3.63) is 68.7 Å². The molecule has 214 valence electrons. The number of fused-ring (bicyclic) bond motifs is 3. The number of nitrogens with zero attached hydrogens (tertiary/aromatic N) is 1. The van der Waals surface area contributed by atoms with Crippen LogP contribution in [0.2, 0.25) is 10.0 Å². The van der Waals surface area contributed by atoms with Crippen LogP contribution in [0.25, 0.3) is 0 Å². The first kappa shape index (κ1) is 29.8. The monoisotopic (exact) mass is 592 g/mol. The van der Waals surface area contributed by atoms with Gasteiger partial charge in [0.25, 0.3) is 5.91 Å². The lowest BCUT2D eigenvalue weighted by Crippen LogP contribution is -2.56. The molecule has 0 bridgehead atoms. The molecule has 0 spiro atoms. The second kappa shape index (κ2) is 12.6. The van der Waals surface area contributed by atoms with E-state index in [9.17, 15) is 29.7 Å². The van der Waals surface area contributed by atoms with Gasteiger partial charge in [-0.15, -0.1) is 0 Å². The number of ether oxygens (including phenoxy) is 2. The van der Waals surface area contributed by atoms with Crippen LogP contribution in [0.1, 0.15) is 36.0 Å². The van der Waals surface area contributed by atoms with Gasteiger partial charge in [-0.2, -0.15) is 0 Å². The third-order valence-corrected chi connectivity index (χ3v) is 7.75. The van der Waals surface area contributed by atoms with Crippen LogP contribution in [-0.4, -0.2) is 76.3 Å². The van der Waals surface area contributed by atoms with Gasteiger partial charge in [0, 0.05) is 30.6 Å². The maximum atomic E-state index is 13.4. The summed E-state index contributed by atoms with van der Waals surface area (Å²) in [5, 5.41) is 33.9. The van der Waals surface area contributed by atoms with Crippen molar-refractivity contribution in [3.8, 4) is 11.5 Å². The van der Waals surface area contributed by atoms with Gasteiger partial charge in [0.1, 0.15) is 12.2 Å². The fourth-order valence-corrected chi connectivity index (χ4v) is 5.40. The summed E-state index contributed by atoms with van der Waals surface area (Å²) in [6, 6.07) is 6.87. The molecule has 0 radical (unpaired) electrons. The summed E-state index contributed by atoms with van der Waals surface area (Å²) in [5.41, 5.74) is 1.74. The molecule has 1 heterocycles. The third-order valence-electron chi connectivity index (χ3n) is 7.01. The van der Waals surface area contributed by atoms with Crippen LogP contribution in [-0.2, 0) is 27.5 Å². The molecule has 4 atom stereocenters. The number of hydrogen-bond acceptors (Lipinski definition) is 8. The van der Waals surface area contributed by atoms with E-state index in [0.29, 0.717) is 33.2 Å². The standard InChI is InChI=1S/C28H30Cl2N2O8/c1-3-21(35)28(38)32(12-14-4-5-18(29)19(30)9-14)20-11-17(27(37)31-6-7-33)23-16-8-15(13-34)10-22(39-2)25(16)40-26(23)24(20)36/h4-5,8-11,20,23-24,26,33-34,36H,3,6-7,12-13H2,1-2H3,(H,31,37)/t20-,23+,24+,26+/m1/s1. The van der Waals surface area contributed by atoms with Crippen LogP contribution >= 0.6 is 23.2 Å². The van der Waals surface area contributed by atoms with Crippen molar-refractivity contribution in [2.75, 3.05) is 20.3 Å². The highest BCUT2D eigenvalue weighted by atomic mass is 35.5. The van der Waals surface area contributed by atoms with Crippen LogP contribution in [0.3, 0.4) is 0 Å². The molecule has 0 aromatic heterocycles. The molecule has 1 aliphatic carbocycles. The van der Waals surface area contributed by atoms with Crippen LogP contribution in [0.5, 0.6) is 11.5 Å². The molecule has 2 aliphatic rings. The topological polar surface area (TPSA) is 146 Å². The number of nitrogens with one attached hydrogen (secondary N) is 1. The zero-order chi connectivity index (χ0) is 29.1. The first-order chi connectivity index (χ1) is 19.1. The second-order valence-electron chi connectivity index (χ2n) is 9.48. The summed E-state index contributed by atoms with van der Waals surface area (Å²) < 4.78 is 11.6. The summed E-state index contributed by atoms with van der Waals surface area (Å²) in [5.74, 6) is -2.27. The summed E-state index contributed by atoms with van der Waals surface area (Å²) in [6.45, 7) is 0.799. The maximum Gasteiger partial charge on any atom is 0.290 e. The lowest BCUT2D eigenvalue weighted by molar-refractivity contribution is -0.148. The summed E-state index contributed by atoms with van der Waals surface area (Å²) >= 11 is 12.2. The van der Waals surface area contributed by atoms with Gasteiger partial charge in [0.2, 0.25) is 11.7 Å². The van der Waals surface area contributed by atoms with Gasteiger partial charge in [-0.05, 0) is 41.5 Å². The highest BCUT2D eigenvalue weighted by molar-refractivity contribution is 6.42. The van der Waals surface area contributed by atoms with E-state index in [4.69, 9.17) is 32.7 Å². The molecule has 10 nitrogen and oxygen atoms in total. The SMILES string of the molecule is CCC(=O)C(=O)N(Cc1ccc(Cl)c(Cl)c1)[C@@H]1C=C(C(=O)NCCO)[C@@H]2c3cc(CO)cc(OC)c3O[C@@H]2[C@H]1O. The number of carbonyl (C=O) groups is 3. The van der Waals surface area contributed by atoms with E-state index in [1.165, 1.54) is 18.1 Å². The molecule has 4 N–H and O–H groups in total. The zero-order valence-corrected chi connectivity index (χ0v) is 23.4. The van der Waals surface area contributed by atoms with Crippen molar-refractivity contribution in [1.82, 2.24) is 10.2 Å². The van der Waals surface area contributed by atoms with Gasteiger partial charge < -0.3 is 35.0 Å². The molecule has 12 heteroatoms. The van der Waals surface area contributed by atoms with Crippen LogP contribution in [0.4, 0.5) is 0 Å². The lowest BCUT2D eigenvalue weighted by atomic mass is 9.77. The van der Waals surface area contributed by atoms with E-state index in [1.54, 1.807) is 37.3 Å². The van der Waals surface area contributed by atoms with Crippen LogP contribution in [0, 0.1) is 0 Å². The first-order valence-electron chi connectivity index (χ1n) is 12.7. The van der Waals surface area contributed by atoms with Crippen molar-refractivity contribution >= 4 is 40.8 Å². The number of halogens is 2. The zero-order valence-electron chi connectivity index (χ0n) is 21.9. The van der Waals surface area contributed by atoms with E-state index >= 15 is 0 Å². The number of rotatable bonds is 10. The van der Waals surface area contributed by atoms with Gasteiger partial charge >= 0.3 is 0 Å². The number of methoxy groups -OCH3 is 1. The molecule has 0 fully saturated rings. The van der Waals surface area contributed by atoms with Gasteiger partial charge in [-0.1, -0.05) is 36.2 Å². The number of hydrogen-bond donors (Lipinski definition) is 4. The minimum absolute atomic E-state index is 0.0330. The summed E-state index contributed by atoms with van der Waals surface area (Å²) in [7, 11) is 1.43. The largest absolute Gasteiger partial charge is 0.493 e. The number of benzene rings is 2. The highest BCUT2D eigenvalue weighted by Crippen LogP contribution is 2.51. The Kier molecular flexibility index (Phi) is 9.37. The van der Waals surface area contributed by atoms with Crippen molar-refractivity contribution in [2.24, 2.45) is 0 Å². The van der Waals surface area contributed by atoms with E-state index in [-0.39, 0.29) is 43.3 Å². The Hall–Kier alpha value is -3.15. The summed E-state index contributed by atoms with van der Waals surface area (Å²) in [6.07, 6.45) is -1.02. The number of carbonyl (C=O) groups excluding carboxylic acids is 3. The minimum Gasteiger partial charge on any atom is -0.493 e. The van der Waals surface area contributed by atoms with Gasteiger partial charge in [-0.25, -0.2) is 0 Å². The van der Waals surface area contributed by atoms with Gasteiger partial charge in [0.05, 0.1) is 42.3 Å². The van der Waals surface area contributed by atoms with Crippen molar-refractivity contribution in [2.45, 2.75) is 50.7 Å². The van der Waals surface area contributed by atoms with Crippen molar-refractivity contribution < 1.29 is 39.2 Å². The molecule has 0 saturated heterocycles. The molecule has 2 aromatic rings. The third kappa shape index (κ3) is 5.68. The first-order valence-corrected chi connectivity index (χ1v) is 13.5. The molecular weight excluding hydrogens is 563 g/mol. The van der Waals surface area contributed by atoms with Gasteiger partial charge in [-0.3, -0.25) is 14.4 Å². The molecule has 2 amide bonds. The normalized spacial score (nSPS) is 21.0. The van der Waals surface area contributed by atoms with Gasteiger partial charge in [0.15, 0.2) is 11.5 Å². The van der Waals surface area contributed by atoms with Crippen LogP contribution < -0.4 is 14.8 Å². The Morgan fingerprint density at radius 2 is 1.85 bits per heavy atom. The highest BCUT2D eigenvalue weighted by Gasteiger charge is 2.51. The Labute approximate surface area is 241 Å². The minimum atomic E-state index is -1.37. The van der Waals surface area contributed by atoms with E-state index in [0.717, 1.165) is 0 Å². The number of aliphatic hydroxyl groups is 3. The number of aliphatic hydroxyl groups excluding tert-OH is 3. The second-order valence-corrected chi connectivity index (χ2v) is 10.3. The fourth-order valence-electron chi connectivity index (χ4n) is 5.08. The predicted octanol–water partition coefficient (Wildman–Crippen LogP) is 2.12. The van der Waals surface area contributed by atoms with E-state index < -0.39 is 41.8 Å². The van der Waals surface area contributed by atoms with Crippen LogP contribution in [0.15, 0.2) is 42.0 Å². The Balaban J connectivity index is 1.84. The smallest absolute Gasteiger partial charge is 0.290 e. The predicted molar refractivity (Wildman–Crippen MR) is 146 cm³/mol. The number of amides is 2. The average molecular weight is 593 g/mol. The molecular formula is C28H30Cl2N2O8.